The lowest BCUT2D eigenvalue weighted by Crippen LogP contribution is -2.00. The molecule has 8 rings (SSSR count). The fraction of sp³-hybridized carbons (Fsp3) is 0.0526. The van der Waals surface area contributed by atoms with E-state index in [2.05, 4.69) is 144 Å². The Labute approximate surface area is 228 Å². The van der Waals surface area contributed by atoms with E-state index >= 15 is 0 Å². The first-order chi connectivity index (χ1) is 19.4. The molecule has 1 aliphatic carbocycles. The summed E-state index contributed by atoms with van der Waals surface area (Å²) in [6, 6.07) is 46.5. The average molecular weight is 498 g/mol. The van der Waals surface area contributed by atoms with Crippen LogP contribution in [0, 0.1) is 0 Å². The summed E-state index contributed by atoms with van der Waals surface area (Å²) < 4.78 is 2.43. The zero-order chi connectivity index (χ0) is 25.8. The minimum absolute atomic E-state index is 1.10. The molecule has 0 spiro atoms. The van der Waals surface area contributed by atoms with Gasteiger partial charge in [-0.2, -0.15) is 0 Å². The highest BCUT2D eigenvalue weighted by molar-refractivity contribution is 6.21. The van der Waals surface area contributed by atoms with Gasteiger partial charge in [0.1, 0.15) is 0 Å². The van der Waals surface area contributed by atoms with Crippen molar-refractivity contribution in [2.24, 2.45) is 0 Å². The molecule has 39 heavy (non-hydrogen) atoms. The molecule has 0 fully saturated rings. The molecule has 1 nitrogen and oxygen atoms in total. The molecule has 0 amide bonds. The Kier molecular flexibility index (Phi) is 5.03. The molecule has 0 radical (unpaired) electrons. The van der Waals surface area contributed by atoms with Crippen LogP contribution in [-0.2, 0) is 6.42 Å². The number of allylic oxidation sites excluding steroid dienone is 1. The number of para-hydroxylation sites is 1. The Morgan fingerprint density at radius 2 is 0.974 bits per heavy atom. The molecule has 1 aliphatic rings. The molecule has 0 unspecified atom stereocenters. The third kappa shape index (κ3) is 3.40. The van der Waals surface area contributed by atoms with Gasteiger partial charge in [-0.15, -0.1) is 0 Å². The minimum Gasteiger partial charge on any atom is -0.310 e. The molecule has 0 bridgehead atoms. The number of aromatic nitrogens is 1. The SMILES string of the molecule is C1=Cc2c(c3ccccc3n2-c2ccc(-c3c4ccccc4c(-c4ccccc4)c4ccccc34)cc2)CC1. The predicted octanol–water partition coefficient (Wildman–Crippen LogP) is 10.2. The van der Waals surface area contributed by atoms with E-state index in [-0.39, 0.29) is 0 Å². The van der Waals surface area contributed by atoms with Crippen molar-refractivity contribution < 1.29 is 0 Å². The lowest BCUT2D eigenvalue weighted by Gasteiger charge is -2.18. The zero-order valence-electron chi connectivity index (χ0n) is 21.6. The van der Waals surface area contributed by atoms with Gasteiger partial charge in [0.05, 0.1) is 5.52 Å². The van der Waals surface area contributed by atoms with Crippen molar-refractivity contribution in [2.45, 2.75) is 12.8 Å². The Hall–Kier alpha value is -4.88. The van der Waals surface area contributed by atoms with Gasteiger partial charge in [-0.3, -0.25) is 0 Å². The molecule has 1 heteroatoms. The van der Waals surface area contributed by atoms with E-state index in [1.165, 1.54) is 71.6 Å². The largest absolute Gasteiger partial charge is 0.310 e. The van der Waals surface area contributed by atoms with Crippen LogP contribution in [0.2, 0.25) is 0 Å². The fourth-order valence-electron chi connectivity index (χ4n) is 6.60. The fourth-order valence-corrected chi connectivity index (χ4v) is 6.60. The van der Waals surface area contributed by atoms with Crippen LogP contribution in [0.15, 0.2) is 133 Å². The van der Waals surface area contributed by atoms with E-state index in [9.17, 15) is 0 Å². The van der Waals surface area contributed by atoms with Gasteiger partial charge < -0.3 is 4.57 Å². The summed E-state index contributed by atoms with van der Waals surface area (Å²) in [7, 11) is 0. The Balaban J connectivity index is 1.36. The molecule has 6 aromatic carbocycles. The van der Waals surface area contributed by atoms with Crippen molar-refractivity contribution in [3.8, 4) is 27.9 Å². The molecule has 0 saturated heterocycles. The summed E-state index contributed by atoms with van der Waals surface area (Å²) in [6.07, 6.45) is 6.82. The molecule has 0 N–H and O–H groups in total. The Morgan fingerprint density at radius 3 is 1.59 bits per heavy atom. The van der Waals surface area contributed by atoms with Crippen LogP contribution < -0.4 is 0 Å². The Morgan fingerprint density at radius 1 is 0.462 bits per heavy atom. The predicted molar refractivity (Wildman–Crippen MR) is 167 cm³/mol. The van der Waals surface area contributed by atoms with Gasteiger partial charge in [0.15, 0.2) is 0 Å². The first-order valence-corrected chi connectivity index (χ1v) is 13.8. The highest BCUT2D eigenvalue weighted by Crippen LogP contribution is 2.44. The molecule has 1 heterocycles. The maximum Gasteiger partial charge on any atom is 0.0537 e. The lowest BCUT2D eigenvalue weighted by atomic mass is 9.86. The van der Waals surface area contributed by atoms with Crippen molar-refractivity contribution in [3.05, 3.63) is 145 Å². The van der Waals surface area contributed by atoms with E-state index < -0.39 is 0 Å². The maximum atomic E-state index is 2.43. The van der Waals surface area contributed by atoms with Crippen molar-refractivity contribution in [3.63, 3.8) is 0 Å². The second kappa shape index (κ2) is 8.85. The van der Waals surface area contributed by atoms with Crippen molar-refractivity contribution in [2.75, 3.05) is 0 Å². The highest BCUT2D eigenvalue weighted by atomic mass is 15.0. The maximum absolute atomic E-state index is 2.43. The quantitative estimate of drug-likeness (QED) is 0.214. The molecule has 0 atom stereocenters. The molecular formula is C38H27N. The molecule has 0 aliphatic heterocycles. The summed E-state index contributed by atoms with van der Waals surface area (Å²) in [5.41, 5.74) is 10.4. The van der Waals surface area contributed by atoms with Crippen LogP contribution in [0.1, 0.15) is 17.7 Å². The first kappa shape index (κ1) is 22.1. The summed E-state index contributed by atoms with van der Waals surface area (Å²) in [6.45, 7) is 0. The first-order valence-electron chi connectivity index (χ1n) is 13.8. The second-order valence-electron chi connectivity index (χ2n) is 10.4. The average Bonchev–Trinajstić information content (AvgIpc) is 3.35. The third-order valence-corrected chi connectivity index (χ3v) is 8.27. The normalized spacial score (nSPS) is 12.8. The van der Waals surface area contributed by atoms with Gasteiger partial charge in [-0.25, -0.2) is 0 Å². The van der Waals surface area contributed by atoms with Gasteiger partial charge in [0, 0.05) is 16.8 Å². The van der Waals surface area contributed by atoms with Gasteiger partial charge in [0.2, 0.25) is 0 Å². The number of nitrogens with zero attached hydrogens (tertiary/aromatic N) is 1. The number of hydrogen-bond donors (Lipinski definition) is 0. The highest BCUT2D eigenvalue weighted by Gasteiger charge is 2.19. The number of rotatable bonds is 3. The van der Waals surface area contributed by atoms with Crippen molar-refractivity contribution in [1.29, 1.82) is 0 Å². The summed E-state index contributed by atoms with van der Waals surface area (Å²) in [5.74, 6) is 0. The summed E-state index contributed by atoms with van der Waals surface area (Å²) in [5, 5.41) is 6.52. The smallest absolute Gasteiger partial charge is 0.0537 e. The topological polar surface area (TPSA) is 4.93 Å². The van der Waals surface area contributed by atoms with Gasteiger partial charge in [0.25, 0.3) is 0 Å². The van der Waals surface area contributed by atoms with E-state index in [4.69, 9.17) is 0 Å². The number of aryl methyl sites for hydroxylation is 1. The van der Waals surface area contributed by atoms with Crippen LogP contribution in [0.4, 0.5) is 0 Å². The van der Waals surface area contributed by atoms with Crippen LogP contribution >= 0.6 is 0 Å². The number of hydrogen-bond acceptors (Lipinski definition) is 0. The molecule has 0 saturated carbocycles. The van der Waals surface area contributed by atoms with Crippen LogP contribution in [0.3, 0.4) is 0 Å². The number of fused-ring (bicyclic) bond motifs is 5. The van der Waals surface area contributed by atoms with E-state index in [1.807, 2.05) is 0 Å². The summed E-state index contributed by atoms with van der Waals surface area (Å²) >= 11 is 0. The lowest BCUT2D eigenvalue weighted by molar-refractivity contribution is 0.967. The molecular weight excluding hydrogens is 470 g/mol. The minimum atomic E-state index is 1.10. The monoisotopic (exact) mass is 497 g/mol. The van der Waals surface area contributed by atoms with E-state index in [0.29, 0.717) is 0 Å². The number of benzene rings is 6. The second-order valence-corrected chi connectivity index (χ2v) is 10.4. The van der Waals surface area contributed by atoms with Gasteiger partial charge in [-0.05, 0) is 86.5 Å². The molecule has 7 aromatic rings. The standard InChI is InChI=1S/C38H27N/c1-2-12-26(13-3-1)37-31-16-4-6-18-33(31)38(34-19-7-5-17-32(34)37)27-22-24-28(25-23-27)39-35-20-10-8-14-29(35)30-15-9-11-21-36(30)39/h1-8,10-14,16-25H,9,15H2. The van der Waals surface area contributed by atoms with Gasteiger partial charge >= 0.3 is 0 Å². The van der Waals surface area contributed by atoms with Crippen LogP contribution in [-0.4, -0.2) is 4.57 Å². The van der Waals surface area contributed by atoms with Gasteiger partial charge in [-0.1, -0.05) is 115 Å². The van der Waals surface area contributed by atoms with E-state index in [0.717, 1.165) is 12.8 Å². The van der Waals surface area contributed by atoms with Crippen LogP contribution in [0.5, 0.6) is 0 Å². The van der Waals surface area contributed by atoms with Crippen molar-refractivity contribution >= 4 is 38.5 Å². The summed E-state index contributed by atoms with van der Waals surface area (Å²) in [4.78, 5) is 0. The van der Waals surface area contributed by atoms with Crippen LogP contribution in [0.25, 0.3) is 66.5 Å². The molecule has 184 valence electrons. The third-order valence-electron chi connectivity index (χ3n) is 8.27. The zero-order valence-corrected chi connectivity index (χ0v) is 21.6. The van der Waals surface area contributed by atoms with Crippen molar-refractivity contribution in [1.82, 2.24) is 4.57 Å². The molecule has 1 aromatic heterocycles. The Bertz CT molecular complexity index is 1980. The van der Waals surface area contributed by atoms with E-state index in [1.54, 1.807) is 0 Å².